The number of fused-ring (bicyclic) bond motifs is 1. The van der Waals surface area contributed by atoms with E-state index in [1.165, 1.54) is 6.21 Å². The number of amides is 1. The van der Waals surface area contributed by atoms with E-state index in [9.17, 15) is 9.59 Å². The predicted molar refractivity (Wildman–Crippen MR) is 137 cm³/mol. The van der Waals surface area contributed by atoms with Crippen molar-refractivity contribution in [1.82, 2.24) is 5.43 Å². The number of ether oxygens (including phenoxy) is 2. The summed E-state index contributed by atoms with van der Waals surface area (Å²) in [4.78, 5) is 24.6. The van der Waals surface area contributed by atoms with E-state index in [1.54, 1.807) is 42.5 Å². The van der Waals surface area contributed by atoms with Crippen LogP contribution in [0.3, 0.4) is 0 Å². The molecule has 0 aliphatic carbocycles. The molecule has 4 rings (SSSR count). The number of hydrazone groups is 1. The Hall–Kier alpha value is -4.65. The Morgan fingerprint density at radius 1 is 0.857 bits per heavy atom. The van der Waals surface area contributed by atoms with E-state index in [4.69, 9.17) is 9.47 Å². The van der Waals surface area contributed by atoms with Gasteiger partial charge in [-0.05, 0) is 65.7 Å². The minimum absolute atomic E-state index is 0.0776. The molecule has 0 aromatic heterocycles. The van der Waals surface area contributed by atoms with Crippen LogP contribution in [0.5, 0.6) is 11.5 Å². The van der Waals surface area contributed by atoms with Crippen LogP contribution in [0, 0.1) is 0 Å². The van der Waals surface area contributed by atoms with Crippen molar-refractivity contribution in [1.29, 1.82) is 0 Å². The lowest BCUT2D eigenvalue weighted by molar-refractivity contribution is -0.119. The largest absolute Gasteiger partial charge is 0.490 e. The van der Waals surface area contributed by atoms with Crippen molar-refractivity contribution in [2.24, 2.45) is 5.10 Å². The van der Waals surface area contributed by atoms with Gasteiger partial charge < -0.3 is 14.8 Å². The minimum atomic E-state index is -0.473. The second-order valence-corrected chi connectivity index (χ2v) is 7.60. The maximum atomic E-state index is 12.4. The molecular weight excluding hydrogens is 442 g/mol. The van der Waals surface area contributed by atoms with Crippen LogP contribution in [-0.2, 0) is 4.79 Å². The van der Waals surface area contributed by atoms with Gasteiger partial charge in [-0.1, -0.05) is 48.5 Å². The number of rotatable bonds is 9. The van der Waals surface area contributed by atoms with Crippen LogP contribution in [0.2, 0.25) is 0 Å². The zero-order valence-corrected chi connectivity index (χ0v) is 19.2. The van der Waals surface area contributed by atoms with Crippen molar-refractivity contribution in [2.45, 2.75) is 6.92 Å². The zero-order chi connectivity index (χ0) is 24.5. The highest BCUT2D eigenvalue weighted by atomic mass is 16.6. The summed E-state index contributed by atoms with van der Waals surface area (Å²) < 4.78 is 11.1. The van der Waals surface area contributed by atoms with Crippen molar-refractivity contribution in [3.05, 3.63) is 102 Å². The fourth-order valence-corrected chi connectivity index (χ4v) is 3.39. The topological polar surface area (TPSA) is 89.0 Å². The van der Waals surface area contributed by atoms with Gasteiger partial charge in [0.05, 0.1) is 24.9 Å². The molecule has 0 saturated carbocycles. The number of carbonyl (C=O) groups is 2. The Morgan fingerprint density at radius 3 is 2.43 bits per heavy atom. The highest BCUT2D eigenvalue weighted by molar-refractivity contribution is 5.92. The van der Waals surface area contributed by atoms with Gasteiger partial charge in [-0.25, -0.2) is 10.2 Å². The van der Waals surface area contributed by atoms with Crippen molar-refractivity contribution < 1.29 is 19.1 Å². The number of anilines is 1. The SMILES string of the molecule is CCOc1cc(/C=N/NC(=O)CNc2ccc3ccccc3c2)ccc1OC(=O)c1ccccc1. The van der Waals surface area contributed by atoms with Crippen LogP contribution in [0.4, 0.5) is 5.69 Å². The lowest BCUT2D eigenvalue weighted by Crippen LogP contribution is -2.25. The highest BCUT2D eigenvalue weighted by Gasteiger charge is 2.13. The second-order valence-electron chi connectivity index (χ2n) is 7.60. The summed E-state index contributed by atoms with van der Waals surface area (Å²) in [5.74, 6) is -0.0431. The van der Waals surface area contributed by atoms with E-state index in [0.29, 0.717) is 29.2 Å². The van der Waals surface area contributed by atoms with E-state index < -0.39 is 5.97 Å². The third kappa shape index (κ3) is 6.45. The third-order valence-corrected chi connectivity index (χ3v) is 5.09. The van der Waals surface area contributed by atoms with Crippen LogP contribution in [0.1, 0.15) is 22.8 Å². The summed E-state index contributed by atoms with van der Waals surface area (Å²) in [5.41, 5.74) is 4.47. The smallest absolute Gasteiger partial charge is 0.343 e. The van der Waals surface area contributed by atoms with Crippen LogP contribution < -0.4 is 20.2 Å². The van der Waals surface area contributed by atoms with Crippen molar-refractivity contribution in [3.8, 4) is 11.5 Å². The lowest BCUT2D eigenvalue weighted by Gasteiger charge is -2.11. The molecule has 0 spiro atoms. The number of nitrogens with one attached hydrogen (secondary N) is 2. The molecule has 7 heteroatoms. The number of nitrogens with zero attached hydrogens (tertiary/aromatic N) is 1. The molecular formula is C28H25N3O4. The number of esters is 1. The standard InChI is InChI=1S/C28H25N3O4/c1-2-34-26-16-20(12-15-25(26)35-28(33)22-9-4-3-5-10-22)18-30-31-27(32)19-29-24-14-13-21-8-6-7-11-23(21)17-24/h3-18,29H,2,19H2,1H3,(H,31,32)/b30-18+. The van der Waals surface area contributed by atoms with E-state index in [2.05, 4.69) is 15.8 Å². The van der Waals surface area contributed by atoms with Gasteiger partial charge in [0.2, 0.25) is 0 Å². The van der Waals surface area contributed by atoms with Gasteiger partial charge >= 0.3 is 5.97 Å². The Labute approximate surface area is 203 Å². The molecule has 4 aromatic carbocycles. The van der Waals surface area contributed by atoms with E-state index in [-0.39, 0.29) is 12.5 Å². The molecule has 7 nitrogen and oxygen atoms in total. The summed E-state index contributed by atoms with van der Waals surface area (Å²) in [5, 5.41) is 9.35. The van der Waals surface area contributed by atoms with Gasteiger partial charge in [-0.2, -0.15) is 5.10 Å². The van der Waals surface area contributed by atoms with Gasteiger partial charge in [-0.15, -0.1) is 0 Å². The molecule has 0 unspecified atom stereocenters. The third-order valence-electron chi connectivity index (χ3n) is 5.09. The zero-order valence-electron chi connectivity index (χ0n) is 19.2. The fraction of sp³-hybridized carbons (Fsp3) is 0.107. The molecule has 0 atom stereocenters. The molecule has 0 aliphatic rings. The van der Waals surface area contributed by atoms with Crippen LogP contribution in [-0.4, -0.2) is 31.2 Å². The predicted octanol–water partition coefficient (Wildman–Crippen LogP) is 5.02. The first-order valence-electron chi connectivity index (χ1n) is 11.2. The molecule has 0 aliphatic heterocycles. The lowest BCUT2D eigenvalue weighted by atomic mass is 10.1. The monoisotopic (exact) mass is 467 g/mol. The van der Waals surface area contributed by atoms with Gasteiger partial charge in [0.15, 0.2) is 11.5 Å². The second kappa shape index (κ2) is 11.5. The highest BCUT2D eigenvalue weighted by Crippen LogP contribution is 2.29. The Balaban J connectivity index is 1.33. The number of benzene rings is 4. The normalized spacial score (nSPS) is 10.8. The van der Waals surface area contributed by atoms with Crippen LogP contribution >= 0.6 is 0 Å². The van der Waals surface area contributed by atoms with Gasteiger partial charge in [0.1, 0.15) is 0 Å². The summed E-state index contributed by atoms with van der Waals surface area (Å²) in [6.07, 6.45) is 1.50. The van der Waals surface area contributed by atoms with Crippen LogP contribution in [0.15, 0.2) is 96.1 Å². The maximum absolute atomic E-state index is 12.4. The number of carbonyl (C=O) groups excluding carboxylic acids is 2. The van der Waals surface area contributed by atoms with E-state index >= 15 is 0 Å². The summed E-state index contributed by atoms with van der Waals surface area (Å²) in [6.45, 7) is 2.31. The summed E-state index contributed by atoms with van der Waals surface area (Å²) in [6, 6.07) is 27.7. The first kappa shape index (κ1) is 23.5. The maximum Gasteiger partial charge on any atom is 0.343 e. The quantitative estimate of drug-likeness (QED) is 0.156. The van der Waals surface area contributed by atoms with Gasteiger partial charge in [0.25, 0.3) is 5.91 Å². The average Bonchev–Trinajstić information content (AvgIpc) is 2.89. The summed E-state index contributed by atoms with van der Waals surface area (Å²) >= 11 is 0. The molecule has 0 heterocycles. The molecule has 2 N–H and O–H groups in total. The summed E-state index contributed by atoms with van der Waals surface area (Å²) in [7, 11) is 0. The average molecular weight is 468 g/mol. The molecule has 0 radical (unpaired) electrons. The minimum Gasteiger partial charge on any atom is -0.490 e. The Bertz CT molecular complexity index is 1350. The fourth-order valence-electron chi connectivity index (χ4n) is 3.39. The number of hydrogen-bond acceptors (Lipinski definition) is 6. The Morgan fingerprint density at radius 2 is 1.63 bits per heavy atom. The molecule has 0 fully saturated rings. The van der Waals surface area contributed by atoms with Crippen molar-refractivity contribution in [3.63, 3.8) is 0 Å². The Kier molecular flexibility index (Phi) is 7.70. The van der Waals surface area contributed by atoms with Gasteiger partial charge in [-0.3, -0.25) is 4.79 Å². The first-order valence-corrected chi connectivity index (χ1v) is 11.2. The molecule has 0 saturated heterocycles. The van der Waals surface area contributed by atoms with Crippen LogP contribution in [0.25, 0.3) is 10.8 Å². The molecule has 0 bridgehead atoms. The van der Waals surface area contributed by atoms with Crippen molar-refractivity contribution in [2.75, 3.05) is 18.5 Å². The number of hydrogen-bond donors (Lipinski definition) is 2. The molecule has 4 aromatic rings. The van der Waals surface area contributed by atoms with Gasteiger partial charge in [0, 0.05) is 5.69 Å². The molecule has 176 valence electrons. The molecule has 35 heavy (non-hydrogen) atoms. The molecule has 1 amide bonds. The van der Waals surface area contributed by atoms with Crippen molar-refractivity contribution >= 4 is 34.6 Å². The van der Waals surface area contributed by atoms with E-state index in [1.807, 2.05) is 55.5 Å². The van der Waals surface area contributed by atoms with E-state index in [0.717, 1.165) is 16.5 Å². The first-order chi connectivity index (χ1) is 17.1.